The van der Waals surface area contributed by atoms with Crippen LogP contribution >= 0.6 is 0 Å². The fourth-order valence-corrected chi connectivity index (χ4v) is 2.79. The van der Waals surface area contributed by atoms with Crippen LogP contribution in [0.5, 0.6) is 0 Å². The molecule has 2 unspecified atom stereocenters. The van der Waals surface area contributed by atoms with Crippen molar-refractivity contribution in [1.82, 2.24) is 9.80 Å². The molecule has 7 heteroatoms. The average Bonchev–Trinajstić information content (AvgIpc) is 3.01. The Bertz CT molecular complexity index is 328. The number of hydrogen-bond donors (Lipinski definition) is 1. The highest BCUT2D eigenvalue weighted by Crippen LogP contribution is 2.12. The van der Waals surface area contributed by atoms with Crippen LogP contribution in [-0.2, 0) is 14.2 Å². The number of nitrogens with zero attached hydrogens (tertiary/aromatic N) is 2. The first-order valence-corrected chi connectivity index (χ1v) is 8.20. The highest BCUT2D eigenvalue weighted by molar-refractivity contribution is 5.67. The molecule has 128 valence electrons. The molecule has 0 aromatic rings. The highest BCUT2D eigenvalue weighted by Gasteiger charge is 2.23. The van der Waals surface area contributed by atoms with Gasteiger partial charge in [0.1, 0.15) is 0 Å². The quantitative estimate of drug-likeness (QED) is 0.729. The summed E-state index contributed by atoms with van der Waals surface area (Å²) in [6.07, 6.45) is 1.59. The van der Waals surface area contributed by atoms with Gasteiger partial charge in [-0.15, -0.1) is 0 Å². The fraction of sp³-hybridized carbons (Fsp3) is 0.933. The second kappa shape index (κ2) is 9.29. The predicted molar refractivity (Wildman–Crippen MR) is 80.8 cm³/mol. The van der Waals surface area contributed by atoms with Gasteiger partial charge in [-0.05, 0) is 19.8 Å². The van der Waals surface area contributed by atoms with Crippen LogP contribution in [-0.4, -0.2) is 92.4 Å². The van der Waals surface area contributed by atoms with Gasteiger partial charge in [0.25, 0.3) is 0 Å². The molecule has 0 aliphatic carbocycles. The number of aliphatic hydroxyl groups excluding tert-OH is 1. The molecule has 2 fully saturated rings. The Morgan fingerprint density at radius 1 is 1.36 bits per heavy atom. The number of piperazine rings is 1. The summed E-state index contributed by atoms with van der Waals surface area (Å²) in [4.78, 5) is 15.5. The minimum Gasteiger partial charge on any atom is -0.450 e. The van der Waals surface area contributed by atoms with Crippen molar-refractivity contribution in [2.24, 2.45) is 0 Å². The van der Waals surface area contributed by atoms with Crippen LogP contribution in [0.1, 0.15) is 19.8 Å². The van der Waals surface area contributed by atoms with Crippen LogP contribution in [0.2, 0.25) is 0 Å². The molecule has 2 saturated heterocycles. The van der Waals surface area contributed by atoms with Gasteiger partial charge >= 0.3 is 6.09 Å². The largest absolute Gasteiger partial charge is 0.450 e. The van der Waals surface area contributed by atoms with E-state index in [1.54, 1.807) is 11.8 Å². The van der Waals surface area contributed by atoms with E-state index in [4.69, 9.17) is 14.2 Å². The number of rotatable bonds is 7. The Morgan fingerprint density at radius 2 is 2.14 bits per heavy atom. The molecule has 2 atom stereocenters. The molecule has 2 aliphatic rings. The van der Waals surface area contributed by atoms with Gasteiger partial charge in [0, 0.05) is 39.3 Å². The van der Waals surface area contributed by atoms with E-state index in [9.17, 15) is 9.90 Å². The Hall–Kier alpha value is -0.890. The topological polar surface area (TPSA) is 71.5 Å². The van der Waals surface area contributed by atoms with Crippen LogP contribution in [0, 0.1) is 0 Å². The SMILES string of the molecule is CCOC(=O)N1CCN(CC(O)COCC2CCCO2)CC1. The van der Waals surface area contributed by atoms with Gasteiger partial charge in [-0.1, -0.05) is 0 Å². The van der Waals surface area contributed by atoms with E-state index >= 15 is 0 Å². The van der Waals surface area contributed by atoms with Crippen molar-refractivity contribution >= 4 is 6.09 Å². The third kappa shape index (κ3) is 5.72. The van der Waals surface area contributed by atoms with E-state index in [1.165, 1.54) is 0 Å². The van der Waals surface area contributed by atoms with Gasteiger partial charge in [0.2, 0.25) is 0 Å². The minimum absolute atomic E-state index is 0.195. The summed E-state index contributed by atoms with van der Waals surface area (Å²) in [5.41, 5.74) is 0. The number of ether oxygens (including phenoxy) is 3. The van der Waals surface area contributed by atoms with Crippen LogP contribution in [0.3, 0.4) is 0 Å². The van der Waals surface area contributed by atoms with E-state index < -0.39 is 6.10 Å². The van der Waals surface area contributed by atoms with Crippen molar-refractivity contribution < 1.29 is 24.1 Å². The van der Waals surface area contributed by atoms with Crippen LogP contribution in [0.25, 0.3) is 0 Å². The maximum atomic E-state index is 11.6. The molecule has 7 nitrogen and oxygen atoms in total. The summed E-state index contributed by atoms with van der Waals surface area (Å²) in [6.45, 7) is 7.28. The number of amides is 1. The molecule has 2 aliphatic heterocycles. The second-order valence-electron chi connectivity index (χ2n) is 5.81. The van der Waals surface area contributed by atoms with Gasteiger partial charge in [-0.2, -0.15) is 0 Å². The monoisotopic (exact) mass is 316 g/mol. The lowest BCUT2D eigenvalue weighted by Gasteiger charge is -2.34. The number of hydrogen-bond acceptors (Lipinski definition) is 6. The molecule has 1 N–H and O–H groups in total. The molecule has 1 amide bonds. The van der Waals surface area contributed by atoms with Crippen LogP contribution < -0.4 is 0 Å². The van der Waals surface area contributed by atoms with Gasteiger partial charge in [-0.25, -0.2) is 4.79 Å². The van der Waals surface area contributed by atoms with E-state index in [0.717, 1.165) is 32.5 Å². The van der Waals surface area contributed by atoms with Crippen LogP contribution in [0.15, 0.2) is 0 Å². The normalized spacial score (nSPS) is 24.5. The summed E-state index contributed by atoms with van der Waals surface area (Å²) >= 11 is 0. The van der Waals surface area contributed by atoms with Gasteiger partial charge in [0.05, 0.1) is 32.0 Å². The first kappa shape index (κ1) is 17.5. The van der Waals surface area contributed by atoms with Gasteiger partial charge < -0.3 is 24.2 Å². The fourth-order valence-electron chi connectivity index (χ4n) is 2.79. The maximum Gasteiger partial charge on any atom is 0.409 e. The Kier molecular flexibility index (Phi) is 7.38. The molecule has 0 radical (unpaired) electrons. The maximum absolute atomic E-state index is 11.6. The summed E-state index contributed by atoms with van der Waals surface area (Å²) in [5.74, 6) is 0. The molecule has 0 spiro atoms. The Labute approximate surface area is 132 Å². The zero-order valence-corrected chi connectivity index (χ0v) is 13.4. The molecule has 0 aromatic heterocycles. The van der Waals surface area contributed by atoms with Crippen molar-refractivity contribution in [3.63, 3.8) is 0 Å². The standard InChI is InChI=1S/C15H28N2O5/c1-2-21-15(19)17-7-5-16(6-8-17)10-13(18)11-20-12-14-4-3-9-22-14/h13-14,18H,2-12H2,1H3. The molecule has 0 bridgehead atoms. The van der Waals surface area contributed by atoms with Crippen molar-refractivity contribution in [1.29, 1.82) is 0 Å². The first-order chi connectivity index (χ1) is 10.7. The third-order valence-corrected chi connectivity index (χ3v) is 4.01. The molecular formula is C15H28N2O5. The van der Waals surface area contributed by atoms with Crippen LogP contribution in [0.4, 0.5) is 4.79 Å². The molecule has 2 heterocycles. The zero-order valence-electron chi connectivity index (χ0n) is 13.4. The van der Waals surface area contributed by atoms with Crippen molar-refractivity contribution in [2.75, 3.05) is 59.2 Å². The predicted octanol–water partition coefficient (Wildman–Crippen LogP) is 0.317. The van der Waals surface area contributed by atoms with Gasteiger partial charge in [-0.3, -0.25) is 4.90 Å². The van der Waals surface area contributed by atoms with Crippen molar-refractivity contribution in [3.8, 4) is 0 Å². The molecule has 22 heavy (non-hydrogen) atoms. The lowest BCUT2D eigenvalue weighted by molar-refractivity contribution is -0.0283. The summed E-state index contributed by atoms with van der Waals surface area (Å²) < 4.78 is 16.0. The first-order valence-electron chi connectivity index (χ1n) is 8.20. The lowest BCUT2D eigenvalue weighted by atomic mass is 10.2. The van der Waals surface area contributed by atoms with E-state index in [1.807, 2.05) is 0 Å². The van der Waals surface area contributed by atoms with Crippen molar-refractivity contribution in [3.05, 3.63) is 0 Å². The molecule has 0 aromatic carbocycles. The molecule has 0 saturated carbocycles. The summed E-state index contributed by atoms with van der Waals surface area (Å²) in [6, 6.07) is 0. The van der Waals surface area contributed by atoms with E-state index in [0.29, 0.717) is 39.5 Å². The summed E-state index contributed by atoms with van der Waals surface area (Å²) in [5, 5.41) is 10.0. The number of aliphatic hydroxyl groups is 1. The molecular weight excluding hydrogens is 288 g/mol. The highest BCUT2D eigenvalue weighted by atomic mass is 16.6. The van der Waals surface area contributed by atoms with E-state index in [2.05, 4.69) is 4.90 Å². The number of carbonyl (C=O) groups excluding carboxylic acids is 1. The minimum atomic E-state index is -0.504. The average molecular weight is 316 g/mol. The Balaban J connectivity index is 1.55. The summed E-state index contributed by atoms with van der Waals surface area (Å²) in [7, 11) is 0. The van der Waals surface area contributed by atoms with Gasteiger partial charge in [0.15, 0.2) is 0 Å². The third-order valence-electron chi connectivity index (χ3n) is 4.01. The number of carbonyl (C=O) groups is 1. The second-order valence-corrected chi connectivity index (χ2v) is 5.81. The zero-order chi connectivity index (χ0) is 15.8. The molecule has 2 rings (SSSR count). The Morgan fingerprint density at radius 3 is 2.77 bits per heavy atom. The smallest absolute Gasteiger partial charge is 0.409 e. The number of β-amino-alcohol motifs (C(OH)–C–C–N with tert-alkyl or cyclic N) is 1. The lowest BCUT2D eigenvalue weighted by Crippen LogP contribution is -2.51. The van der Waals surface area contributed by atoms with Crippen molar-refractivity contribution in [2.45, 2.75) is 32.0 Å². The van der Waals surface area contributed by atoms with E-state index in [-0.39, 0.29) is 12.2 Å².